The van der Waals surface area contributed by atoms with Crippen LogP contribution in [0.25, 0.3) is 55.6 Å². The molecule has 14 rings (SSSR count). The first-order valence-corrected chi connectivity index (χ1v) is 42.8. The van der Waals surface area contributed by atoms with Gasteiger partial charge in [0.1, 0.15) is 45.8 Å². The number of hydrogen-bond acceptors (Lipinski definition) is 16. The van der Waals surface area contributed by atoms with Crippen molar-refractivity contribution in [2.45, 2.75) is 72.5 Å². The van der Waals surface area contributed by atoms with Crippen molar-refractivity contribution in [1.82, 2.24) is 45.0 Å². The van der Waals surface area contributed by atoms with Crippen LogP contribution in [0.1, 0.15) is 112 Å². The molecule has 0 fully saturated rings. The van der Waals surface area contributed by atoms with E-state index in [2.05, 4.69) is 129 Å². The molecular formula is C89H81Cl3F7N14O13S3+. The fraction of sp³-hybridized carbons (Fsp3) is 0.169. The molecule has 7 heterocycles. The van der Waals surface area contributed by atoms with Crippen molar-refractivity contribution >= 4 is 142 Å². The van der Waals surface area contributed by atoms with Gasteiger partial charge in [0.15, 0.2) is 18.7 Å². The standard InChI is InChI=1S/C23H18ClF2N3O3S.C21H16ClF3N4O3.C21H23N4O.C17H14ClF2N3O3S.C7H4S.3H2O/c1-2-9-33(31,32)29-19-8-7-18(25)20(21(19)26)22(30)17-12-28-23-16(17)10-14(11-27-23)13-3-5-15(24)6-4-13;1-26-19(30)18-11-15(8-9-27-18)32-14-5-2-12(3-6-14)28-20(31)29-13-4-7-17(22)16(10-13)21(23,24)25;1-3-12-25-14-19(21(23-25)15-8-10-22-11-9-15)17-4-6-18-16(13-17)5-7-20(18)24(2)26;1-2-5-27(25,26)23-13-4-3-12(19)14(15(13)20)16(24)11-8-22-17-10(11)6-9(18)7-21-17;1-2-3-4-5-6-7-8;;;/h3-8,10-12,29H,2,9H2,1H3,(H,27,28);2-11H,1H3,(H,26,30)(H2,28,29,31);4,6,8-11,13-14,26H,3,5,7,12H2,1-2H3;3-4,6-8,23H,2,5H2,1H3,(H,21,22);8H,1H3;3*1H2/q;;+1;;;;;. The average Bonchev–Trinajstić information content (AvgIpc) is 1.56. The number of ketones is 2. The Kier molecular flexibility index (Phi) is 37.1. The predicted octanol–water partition coefficient (Wildman–Crippen LogP) is 17.2. The van der Waals surface area contributed by atoms with Crippen LogP contribution < -0.4 is 30.1 Å². The first-order valence-electron chi connectivity index (χ1n) is 38.0. The number of H-pyrrole nitrogens is 2. The Bertz CT molecular complexity index is 6710. The Hall–Kier alpha value is -13.7. The zero-order valence-corrected chi connectivity index (χ0v) is 73.7. The molecule has 0 saturated carbocycles. The van der Waals surface area contributed by atoms with Crippen molar-refractivity contribution in [3.8, 4) is 79.9 Å². The monoisotopic (exact) mass is 1890 g/mol. The highest BCUT2D eigenvalue weighted by molar-refractivity contribution is 7.93. The lowest BCUT2D eigenvalue weighted by Gasteiger charge is -2.12. The molecule has 3 amide bonds. The average molecular weight is 1890 g/mol. The third-order valence-electron chi connectivity index (χ3n) is 18.2. The van der Waals surface area contributed by atoms with Crippen molar-refractivity contribution in [2.24, 2.45) is 0 Å². The number of halogens is 10. The van der Waals surface area contributed by atoms with Crippen LogP contribution in [0.5, 0.6) is 11.5 Å². The fourth-order valence-electron chi connectivity index (χ4n) is 12.5. The molecular weight excluding hydrogens is 1810 g/mol. The van der Waals surface area contributed by atoms with Crippen LogP contribution in [-0.2, 0) is 39.2 Å². The maximum Gasteiger partial charge on any atom is 0.417 e. The van der Waals surface area contributed by atoms with Gasteiger partial charge in [0.25, 0.3) is 5.91 Å². The van der Waals surface area contributed by atoms with Crippen molar-refractivity contribution in [3.05, 3.63) is 278 Å². The Morgan fingerprint density at radius 1 is 0.605 bits per heavy atom. The largest absolute Gasteiger partial charge is 0.457 e. The lowest BCUT2D eigenvalue weighted by Crippen LogP contribution is -2.19. The SMILES string of the molecule is CC#CC#CC#CS.CCCS(=O)(=O)Nc1ccc(F)c(C(=O)c2c[nH]c3ncc(-c4ccc(Cl)cc4)cc23)c1F.CCCS(=O)(=O)Nc1ccc(F)c(C(=O)c2c[nH]c3ncc(Cl)cc23)c1F.CCCn1cc(-c2ccc3c(c2)CC/C3=[N+](\C)O)c(-c2ccncc2)n1.CNC(=O)c1cc(Oc2ccc(NC(=O)Nc3ccc(Cl)c(C(F)(F)F)c3)cc2)ccn1.O.O.O. The van der Waals surface area contributed by atoms with Gasteiger partial charge in [-0.3, -0.25) is 43.7 Å². The normalized spacial score (nSPS) is 11.4. The number of nitrogens with one attached hydrogen (secondary N) is 7. The Morgan fingerprint density at radius 3 is 1.73 bits per heavy atom. The van der Waals surface area contributed by atoms with E-state index in [4.69, 9.17) is 44.6 Å². The fourth-order valence-corrected chi connectivity index (χ4v) is 15.3. The topological polar surface area (TPSA) is 425 Å². The molecule has 0 radical (unpaired) electrons. The van der Waals surface area contributed by atoms with Gasteiger partial charge in [-0.1, -0.05) is 98.4 Å². The minimum absolute atomic E-state index is 0. The van der Waals surface area contributed by atoms with Gasteiger partial charge in [-0.25, -0.2) is 49.2 Å². The first-order chi connectivity index (χ1) is 60.2. The summed E-state index contributed by atoms with van der Waals surface area (Å²) in [6.45, 7) is 8.08. The van der Waals surface area contributed by atoms with Crippen molar-refractivity contribution < 1.29 is 97.9 Å². The van der Waals surface area contributed by atoms with E-state index in [-0.39, 0.29) is 61.4 Å². The number of alkyl halides is 3. The van der Waals surface area contributed by atoms with Crippen molar-refractivity contribution in [1.29, 1.82) is 0 Å². The molecule has 1 aliphatic rings. The first kappa shape index (κ1) is 102. The maximum absolute atomic E-state index is 15.1. The summed E-state index contributed by atoms with van der Waals surface area (Å²) in [5.74, 6) is 5.85. The number of rotatable bonds is 22. The molecule has 1 aliphatic carbocycles. The summed E-state index contributed by atoms with van der Waals surface area (Å²) in [6.07, 6.45) is 11.6. The molecule has 7 aromatic heterocycles. The van der Waals surface area contributed by atoms with Gasteiger partial charge in [-0.2, -0.15) is 18.3 Å². The minimum Gasteiger partial charge on any atom is -0.457 e. The molecule has 13 aromatic rings. The van der Waals surface area contributed by atoms with E-state index in [1.165, 1.54) is 65.9 Å². The number of nitrogens with zero attached hydrogens (tertiary/aromatic N) is 7. The lowest BCUT2D eigenvalue weighted by atomic mass is 9.98. The molecule has 14 N–H and O–H groups in total. The van der Waals surface area contributed by atoms with Crippen LogP contribution in [0.15, 0.2) is 195 Å². The van der Waals surface area contributed by atoms with Crippen LogP contribution in [-0.4, -0.2) is 138 Å². The second kappa shape index (κ2) is 46.7. The van der Waals surface area contributed by atoms with Gasteiger partial charge in [0.2, 0.25) is 37.3 Å². The number of benzene rings is 6. The van der Waals surface area contributed by atoms with Crippen LogP contribution in [0.4, 0.5) is 58.3 Å². The maximum atomic E-state index is 15.1. The number of pyridine rings is 4. The van der Waals surface area contributed by atoms with E-state index in [0.29, 0.717) is 62.7 Å². The van der Waals surface area contributed by atoms with Gasteiger partial charge < -0.3 is 47.1 Å². The molecule has 129 heavy (non-hydrogen) atoms. The van der Waals surface area contributed by atoms with E-state index in [1.807, 2.05) is 21.5 Å². The predicted molar refractivity (Wildman–Crippen MR) is 486 cm³/mol. The zero-order valence-electron chi connectivity index (χ0n) is 68.9. The lowest BCUT2D eigenvalue weighted by molar-refractivity contribution is -0.754. The van der Waals surface area contributed by atoms with Crippen LogP contribution in [0.3, 0.4) is 0 Å². The van der Waals surface area contributed by atoms with E-state index >= 15 is 4.39 Å². The van der Waals surface area contributed by atoms with Crippen LogP contribution >= 0.6 is 47.4 Å². The number of aromatic amines is 2. The third kappa shape index (κ3) is 27.0. The van der Waals surface area contributed by atoms with Crippen LogP contribution in [0.2, 0.25) is 15.1 Å². The molecule has 0 atom stereocenters. The van der Waals surface area contributed by atoms with E-state index in [9.17, 15) is 67.6 Å². The summed E-state index contributed by atoms with van der Waals surface area (Å²) < 4.78 is 158. The number of urea groups is 1. The quantitative estimate of drug-likeness (QED) is 0.00579. The molecule has 0 spiro atoms. The van der Waals surface area contributed by atoms with Gasteiger partial charge >= 0.3 is 12.2 Å². The summed E-state index contributed by atoms with van der Waals surface area (Å²) in [5.41, 5.74) is 6.63. The molecule has 0 saturated heterocycles. The van der Waals surface area contributed by atoms with Crippen LogP contribution in [0, 0.1) is 58.1 Å². The summed E-state index contributed by atoms with van der Waals surface area (Å²) in [7, 11) is -4.48. The van der Waals surface area contributed by atoms with Crippen molar-refractivity contribution in [2.75, 3.05) is 45.7 Å². The number of anilines is 4. The van der Waals surface area contributed by atoms with Gasteiger partial charge in [0.05, 0.1) is 49.6 Å². The highest BCUT2D eigenvalue weighted by atomic mass is 35.5. The number of carbonyl (C=O) groups excluding carboxylic acids is 4. The number of hydrogen-bond donors (Lipinski definition) is 9. The Balaban J connectivity index is 0.000000228. The number of fused-ring (bicyclic) bond motifs is 3. The third-order valence-corrected chi connectivity index (χ3v) is 22.0. The zero-order chi connectivity index (χ0) is 91.2. The smallest absolute Gasteiger partial charge is 0.417 e. The molecule has 6 aromatic carbocycles. The summed E-state index contributed by atoms with van der Waals surface area (Å²) in [4.78, 5) is 71.6. The number of amides is 3. The number of thiol groups is 1. The summed E-state index contributed by atoms with van der Waals surface area (Å²) >= 11 is 21.0. The summed E-state index contributed by atoms with van der Waals surface area (Å²) in [6, 6.07) is 35.8. The van der Waals surface area contributed by atoms with Gasteiger partial charge in [-0.15, -0.1) is 0 Å². The molecule has 27 nitrogen and oxygen atoms in total. The molecule has 0 bridgehead atoms. The van der Waals surface area contributed by atoms with E-state index in [0.717, 1.165) is 95.9 Å². The van der Waals surface area contributed by atoms with Crippen molar-refractivity contribution in [3.63, 3.8) is 0 Å². The number of carbonyl (C=O) groups is 4. The number of aryl methyl sites for hydroxylation is 2. The molecule has 0 unspecified atom stereocenters. The number of hydroxylamine groups is 1. The molecule has 0 aliphatic heterocycles. The highest BCUT2D eigenvalue weighted by Gasteiger charge is 2.34. The second-order valence-electron chi connectivity index (χ2n) is 27.1. The second-order valence-corrected chi connectivity index (χ2v) is 32.3. The number of ether oxygens (including phenoxy) is 1. The van der Waals surface area contributed by atoms with Gasteiger partial charge in [0, 0.05) is 136 Å². The minimum atomic E-state index is -4.64. The number of aromatic nitrogens is 8. The molecule has 40 heteroatoms. The summed E-state index contributed by atoms with van der Waals surface area (Å²) in [5, 5.41) is 25.3. The highest BCUT2D eigenvalue weighted by Crippen LogP contribution is 2.39. The Morgan fingerprint density at radius 2 is 1.17 bits per heavy atom. The van der Waals surface area contributed by atoms with E-state index in [1.54, 1.807) is 107 Å². The molecule has 672 valence electrons. The van der Waals surface area contributed by atoms with Gasteiger partial charge in [-0.05, 0) is 198 Å². The Labute approximate surface area is 755 Å². The van der Waals surface area contributed by atoms with E-state index < -0.39 is 100 Å². The number of sulfonamides is 2.